The normalized spacial score (nSPS) is 14.9. The lowest BCUT2D eigenvalue weighted by molar-refractivity contribution is 0.134. The average molecular weight is 269 g/mol. The van der Waals surface area contributed by atoms with Crippen LogP contribution in [-0.4, -0.2) is 14.2 Å². The van der Waals surface area contributed by atoms with Crippen molar-refractivity contribution in [3.05, 3.63) is 64.7 Å². The van der Waals surface area contributed by atoms with E-state index in [0.29, 0.717) is 0 Å². The first-order chi connectivity index (χ1) is 9.81. The topological polar surface area (TPSA) is 30.5 Å². The second-order valence-electron chi connectivity index (χ2n) is 5.02. The molecule has 0 aliphatic carbocycles. The molecule has 1 atom stereocenters. The van der Waals surface area contributed by atoms with Crippen LogP contribution in [0.25, 0.3) is 0 Å². The van der Waals surface area contributed by atoms with Gasteiger partial charge in [-0.05, 0) is 41.4 Å². The predicted molar refractivity (Wildman–Crippen MR) is 78.8 cm³/mol. The highest BCUT2D eigenvalue weighted by Crippen LogP contribution is 2.28. The number of methoxy groups -OCH3 is 1. The lowest BCUT2D eigenvalue weighted by Gasteiger charge is -2.18. The first-order valence-electron chi connectivity index (χ1n) is 6.82. The quantitative estimate of drug-likeness (QED) is 0.925. The summed E-state index contributed by atoms with van der Waals surface area (Å²) in [5.74, 6) is 0.882. The minimum absolute atomic E-state index is 0.163. The van der Waals surface area contributed by atoms with Crippen molar-refractivity contribution in [1.29, 1.82) is 0 Å². The van der Waals surface area contributed by atoms with Crippen molar-refractivity contribution in [3.8, 4) is 5.75 Å². The fourth-order valence-corrected chi connectivity index (χ4v) is 2.72. The summed E-state index contributed by atoms with van der Waals surface area (Å²) in [4.78, 5) is 0. The summed E-state index contributed by atoms with van der Waals surface area (Å²) < 4.78 is 10.8. The van der Waals surface area contributed by atoms with Gasteiger partial charge in [-0.15, -0.1) is 0 Å². The summed E-state index contributed by atoms with van der Waals surface area (Å²) in [5.41, 5.74) is 5.05. The largest absolute Gasteiger partial charge is 0.497 e. The van der Waals surface area contributed by atoms with E-state index >= 15 is 0 Å². The van der Waals surface area contributed by atoms with Gasteiger partial charge in [0.25, 0.3) is 0 Å². The van der Waals surface area contributed by atoms with Crippen molar-refractivity contribution in [2.75, 3.05) is 14.2 Å². The molecule has 3 nitrogen and oxygen atoms in total. The minimum Gasteiger partial charge on any atom is -0.497 e. The van der Waals surface area contributed by atoms with E-state index in [1.165, 1.54) is 22.3 Å². The lowest BCUT2D eigenvalue weighted by atomic mass is 9.95. The van der Waals surface area contributed by atoms with Crippen LogP contribution in [0.15, 0.2) is 42.5 Å². The third-order valence-electron chi connectivity index (χ3n) is 3.79. The second-order valence-corrected chi connectivity index (χ2v) is 5.02. The van der Waals surface area contributed by atoms with E-state index in [-0.39, 0.29) is 6.04 Å². The van der Waals surface area contributed by atoms with Crippen LogP contribution in [0.5, 0.6) is 5.75 Å². The van der Waals surface area contributed by atoms with E-state index < -0.39 is 0 Å². The van der Waals surface area contributed by atoms with Crippen molar-refractivity contribution < 1.29 is 9.47 Å². The Bertz CT molecular complexity index is 610. The van der Waals surface area contributed by atoms with E-state index in [4.69, 9.17) is 9.47 Å². The van der Waals surface area contributed by atoms with Gasteiger partial charge in [0.05, 0.1) is 26.4 Å². The van der Waals surface area contributed by atoms with Crippen LogP contribution in [0.3, 0.4) is 0 Å². The van der Waals surface area contributed by atoms with Gasteiger partial charge >= 0.3 is 0 Å². The Morgan fingerprint density at radius 2 is 1.85 bits per heavy atom. The Hall–Kier alpha value is -1.84. The van der Waals surface area contributed by atoms with E-state index in [0.717, 1.165) is 19.0 Å². The van der Waals surface area contributed by atoms with Gasteiger partial charge in [0.2, 0.25) is 0 Å². The van der Waals surface area contributed by atoms with Crippen molar-refractivity contribution >= 4 is 0 Å². The summed E-state index contributed by atoms with van der Waals surface area (Å²) in [6.07, 6.45) is 0. The van der Waals surface area contributed by atoms with Crippen molar-refractivity contribution in [2.45, 2.75) is 19.3 Å². The molecule has 104 valence electrons. The summed E-state index contributed by atoms with van der Waals surface area (Å²) in [7, 11) is 3.67. The average Bonchev–Trinajstić information content (AvgIpc) is 2.96. The Morgan fingerprint density at radius 1 is 1.05 bits per heavy atom. The highest BCUT2D eigenvalue weighted by atomic mass is 16.5. The Morgan fingerprint density at radius 3 is 2.65 bits per heavy atom. The molecule has 0 saturated carbocycles. The molecule has 0 amide bonds. The van der Waals surface area contributed by atoms with Gasteiger partial charge < -0.3 is 14.8 Å². The molecule has 1 heterocycles. The van der Waals surface area contributed by atoms with Crippen LogP contribution in [0.2, 0.25) is 0 Å². The Balaban J connectivity index is 1.96. The molecule has 0 bridgehead atoms. The second kappa shape index (κ2) is 5.65. The molecule has 0 fully saturated rings. The monoisotopic (exact) mass is 269 g/mol. The lowest BCUT2D eigenvalue weighted by Crippen LogP contribution is -2.17. The number of benzene rings is 2. The number of hydrogen-bond acceptors (Lipinski definition) is 3. The third kappa shape index (κ3) is 2.42. The van der Waals surface area contributed by atoms with Crippen LogP contribution in [0, 0.1) is 0 Å². The fourth-order valence-electron chi connectivity index (χ4n) is 2.72. The molecular weight excluding hydrogens is 250 g/mol. The van der Waals surface area contributed by atoms with Gasteiger partial charge in [0, 0.05) is 0 Å². The fraction of sp³-hybridized carbons (Fsp3) is 0.294. The predicted octanol–water partition coefficient (Wildman–Crippen LogP) is 3.03. The number of fused-ring (bicyclic) bond motifs is 1. The van der Waals surface area contributed by atoms with Crippen molar-refractivity contribution in [2.24, 2.45) is 0 Å². The molecule has 3 rings (SSSR count). The van der Waals surface area contributed by atoms with Gasteiger partial charge in [-0.3, -0.25) is 0 Å². The highest BCUT2D eigenvalue weighted by Gasteiger charge is 2.17. The molecule has 1 unspecified atom stereocenters. The first-order valence-corrected chi connectivity index (χ1v) is 6.82. The molecule has 1 aliphatic heterocycles. The molecule has 0 aromatic heterocycles. The molecule has 2 aromatic carbocycles. The maximum absolute atomic E-state index is 5.49. The van der Waals surface area contributed by atoms with Crippen LogP contribution in [0.4, 0.5) is 0 Å². The van der Waals surface area contributed by atoms with E-state index in [2.05, 4.69) is 35.6 Å². The van der Waals surface area contributed by atoms with Gasteiger partial charge in [-0.2, -0.15) is 0 Å². The molecule has 0 radical (unpaired) electrons. The van der Waals surface area contributed by atoms with Gasteiger partial charge in [0.15, 0.2) is 0 Å². The molecule has 0 saturated heterocycles. The third-order valence-corrected chi connectivity index (χ3v) is 3.79. The molecule has 3 heteroatoms. The molecule has 20 heavy (non-hydrogen) atoms. The summed E-state index contributed by atoms with van der Waals surface area (Å²) in [5, 5.41) is 3.38. The molecular formula is C17H19NO2. The van der Waals surface area contributed by atoms with Gasteiger partial charge in [-0.25, -0.2) is 0 Å². The molecule has 1 N–H and O–H groups in total. The van der Waals surface area contributed by atoms with Crippen LogP contribution < -0.4 is 10.1 Å². The molecule has 1 aliphatic rings. The molecule has 2 aromatic rings. The minimum atomic E-state index is 0.163. The van der Waals surface area contributed by atoms with E-state index in [9.17, 15) is 0 Å². The van der Waals surface area contributed by atoms with Crippen molar-refractivity contribution in [1.82, 2.24) is 5.32 Å². The van der Waals surface area contributed by atoms with Crippen LogP contribution in [0.1, 0.15) is 28.3 Å². The van der Waals surface area contributed by atoms with Gasteiger partial charge in [-0.1, -0.05) is 30.3 Å². The Kier molecular flexibility index (Phi) is 3.72. The number of rotatable bonds is 4. The summed E-state index contributed by atoms with van der Waals surface area (Å²) in [6, 6.07) is 14.9. The van der Waals surface area contributed by atoms with Gasteiger partial charge in [0.1, 0.15) is 5.75 Å². The SMILES string of the molecule is CNC(c1cccc(OC)c1)c1ccc2c(c1)COC2. The highest BCUT2D eigenvalue weighted by molar-refractivity contribution is 5.40. The number of nitrogens with one attached hydrogen (secondary N) is 1. The van der Waals surface area contributed by atoms with Crippen LogP contribution >= 0.6 is 0 Å². The zero-order valence-electron chi connectivity index (χ0n) is 11.8. The maximum atomic E-state index is 5.49. The zero-order valence-corrected chi connectivity index (χ0v) is 11.8. The molecule has 0 spiro atoms. The first kappa shape index (κ1) is 13.2. The number of hydrogen-bond donors (Lipinski definition) is 1. The summed E-state index contributed by atoms with van der Waals surface area (Å²) in [6.45, 7) is 1.46. The summed E-state index contributed by atoms with van der Waals surface area (Å²) >= 11 is 0. The van der Waals surface area contributed by atoms with E-state index in [1.807, 2.05) is 19.2 Å². The maximum Gasteiger partial charge on any atom is 0.119 e. The number of ether oxygens (including phenoxy) is 2. The van der Waals surface area contributed by atoms with E-state index in [1.54, 1.807) is 7.11 Å². The van der Waals surface area contributed by atoms with Crippen molar-refractivity contribution in [3.63, 3.8) is 0 Å². The smallest absolute Gasteiger partial charge is 0.119 e. The zero-order chi connectivity index (χ0) is 13.9. The standard InChI is InChI=1S/C17H19NO2/c1-18-17(12-4-3-5-16(9-12)19-2)13-6-7-14-10-20-11-15(14)8-13/h3-9,17-18H,10-11H2,1-2H3. The Labute approximate surface area is 119 Å². The van der Waals surface area contributed by atoms with Crippen LogP contribution in [-0.2, 0) is 18.0 Å².